The van der Waals surface area contributed by atoms with Gasteiger partial charge in [-0.2, -0.15) is 4.31 Å². The van der Waals surface area contributed by atoms with Crippen LogP contribution in [0.4, 0.5) is 5.13 Å². The van der Waals surface area contributed by atoms with Crippen LogP contribution in [0.3, 0.4) is 0 Å². The molecule has 3 aromatic rings. The summed E-state index contributed by atoms with van der Waals surface area (Å²) >= 11 is 1.40. The van der Waals surface area contributed by atoms with Gasteiger partial charge >= 0.3 is 5.97 Å². The van der Waals surface area contributed by atoms with Gasteiger partial charge in [-0.1, -0.05) is 44.2 Å². The summed E-state index contributed by atoms with van der Waals surface area (Å²) < 4.78 is 53.7. The number of carbonyl (C=O) groups excluding carboxylic acids is 1. The Morgan fingerprint density at radius 3 is 2.66 bits per heavy atom. The van der Waals surface area contributed by atoms with Gasteiger partial charge in [0.1, 0.15) is 11.9 Å². The number of ether oxygens (including phenoxy) is 4. The van der Waals surface area contributed by atoms with Gasteiger partial charge in [0.15, 0.2) is 11.4 Å². The molecule has 0 spiro atoms. The molecule has 276 valence electrons. The fraction of sp³-hybridized carbons (Fsp3) is 0.611. The molecule has 0 saturated carbocycles. The molecule has 50 heavy (non-hydrogen) atoms. The van der Waals surface area contributed by atoms with Crippen molar-refractivity contribution in [3.8, 4) is 5.75 Å². The van der Waals surface area contributed by atoms with Crippen molar-refractivity contribution in [1.29, 1.82) is 0 Å². The molecular formula is C36H52N4O8S2. The molecule has 5 rings (SSSR count). The molecule has 2 fully saturated rings. The van der Waals surface area contributed by atoms with Crippen molar-refractivity contribution in [2.24, 2.45) is 17.8 Å². The average molecular weight is 733 g/mol. The third-order valence-corrected chi connectivity index (χ3v) is 11.8. The van der Waals surface area contributed by atoms with E-state index in [4.69, 9.17) is 18.9 Å². The maximum Gasteiger partial charge on any atom is 0.306 e. The second-order valence-electron chi connectivity index (χ2n) is 13.9. The van der Waals surface area contributed by atoms with E-state index in [0.717, 1.165) is 21.9 Å². The predicted molar refractivity (Wildman–Crippen MR) is 194 cm³/mol. The highest BCUT2D eigenvalue weighted by molar-refractivity contribution is 7.89. The molecule has 2 saturated heterocycles. The van der Waals surface area contributed by atoms with Crippen LogP contribution < -0.4 is 15.4 Å². The van der Waals surface area contributed by atoms with Gasteiger partial charge in [-0.05, 0) is 68.6 Å². The van der Waals surface area contributed by atoms with Crippen molar-refractivity contribution in [2.45, 2.75) is 89.4 Å². The second-order valence-corrected chi connectivity index (χ2v) is 16.9. The molecule has 2 aromatic carbocycles. The summed E-state index contributed by atoms with van der Waals surface area (Å²) in [6.45, 7) is 11.6. The zero-order chi connectivity index (χ0) is 36.0. The van der Waals surface area contributed by atoms with Gasteiger partial charge in [-0.3, -0.25) is 4.79 Å². The van der Waals surface area contributed by atoms with E-state index in [1.165, 1.54) is 15.6 Å². The molecular weight excluding hydrogens is 681 g/mol. The summed E-state index contributed by atoms with van der Waals surface area (Å²) in [5.41, 5.74) is 1.56. The highest BCUT2D eigenvalue weighted by atomic mass is 32.2. The van der Waals surface area contributed by atoms with E-state index in [1.54, 1.807) is 25.3 Å². The molecule has 12 nitrogen and oxygen atoms in total. The highest BCUT2D eigenvalue weighted by Crippen LogP contribution is 2.34. The Balaban J connectivity index is 1.38. The Morgan fingerprint density at radius 1 is 1.14 bits per heavy atom. The minimum absolute atomic E-state index is 0.00157. The lowest BCUT2D eigenvalue weighted by atomic mass is 9.89. The van der Waals surface area contributed by atoms with Crippen LogP contribution in [0.1, 0.15) is 53.0 Å². The topological polar surface area (TPSA) is 149 Å². The van der Waals surface area contributed by atoms with Gasteiger partial charge < -0.3 is 34.7 Å². The fourth-order valence-corrected chi connectivity index (χ4v) is 9.50. The van der Waals surface area contributed by atoms with E-state index >= 15 is 0 Å². The van der Waals surface area contributed by atoms with E-state index < -0.39 is 40.4 Å². The SMILES string of the molecule is CCN[C@H]1CO[C@@H]2OCC[C@H](OC(=O)C[C@@H](Cc3cccc(OC)c3)[C@H](O)CN(CC(C)C)S(=O)(=O)c3ccc4nc(NC(C)C)sc4c3)[C@@H]21. The van der Waals surface area contributed by atoms with Gasteiger partial charge in [0.2, 0.25) is 10.0 Å². The molecule has 0 bridgehead atoms. The van der Waals surface area contributed by atoms with Gasteiger partial charge in [-0.25, -0.2) is 13.4 Å². The number of rotatable bonds is 17. The number of benzene rings is 2. The lowest BCUT2D eigenvalue weighted by Crippen LogP contribution is -2.49. The van der Waals surface area contributed by atoms with Crippen LogP contribution in [0, 0.1) is 17.8 Å². The van der Waals surface area contributed by atoms with Crippen molar-refractivity contribution in [2.75, 3.05) is 45.3 Å². The number of methoxy groups -OCH3 is 1. The quantitative estimate of drug-likeness (QED) is 0.167. The number of esters is 1. The van der Waals surface area contributed by atoms with Crippen LogP contribution in [0.25, 0.3) is 10.2 Å². The first-order valence-electron chi connectivity index (χ1n) is 17.5. The highest BCUT2D eigenvalue weighted by Gasteiger charge is 2.47. The molecule has 1 aromatic heterocycles. The molecule has 0 radical (unpaired) electrons. The van der Waals surface area contributed by atoms with Crippen LogP contribution in [-0.4, -0.2) is 99.3 Å². The molecule has 0 amide bonds. The van der Waals surface area contributed by atoms with Crippen molar-refractivity contribution in [3.63, 3.8) is 0 Å². The molecule has 14 heteroatoms. The smallest absolute Gasteiger partial charge is 0.306 e. The summed E-state index contributed by atoms with van der Waals surface area (Å²) in [7, 11) is -2.44. The maximum atomic E-state index is 14.2. The number of sulfonamides is 1. The van der Waals surface area contributed by atoms with Gasteiger partial charge in [-0.15, -0.1) is 0 Å². The first-order valence-corrected chi connectivity index (χ1v) is 19.8. The number of carbonyl (C=O) groups is 1. The zero-order valence-corrected chi connectivity index (χ0v) is 31.5. The number of hydrogen-bond acceptors (Lipinski definition) is 12. The number of nitrogens with one attached hydrogen (secondary N) is 2. The Hall–Kier alpha value is -2.85. The maximum absolute atomic E-state index is 14.2. The fourth-order valence-electron chi connectivity index (χ4n) is 6.73. The Labute approximate surface area is 299 Å². The van der Waals surface area contributed by atoms with Crippen molar-refractivity contribution < 1.29 is 37.3 Å². The summed E-state index contributed by atoms with van der Waals surface area (Å²) in [5.74, 6) is -0.615. The van der Waals surface area contributed by atoms with Crippen molar-refractivity contribution in [3.05, 3.63) is 48.0 Å². The van der Waals surface area contributed by atoms with E-state index in [0.29, 0.717) is 37.3 Å². The molecule has 2 aliphatic rings. The Bertz CT molecular complexity index is 1680. The number of aliphatic hydroxyl groups excluding tert-OH is 1. The minimum Gasteiger partial charge on any atom is -0.497 e. The Kier molecular flexibility index (Phi) is 13.1. The number of thiazole rings is 1. The van der Waals surface area contributed by atoms with Crippen LogP contribution in [0.2, 0.25) is 0 Å². The molecule has 2 aliphatic heterocycles. The van der Waals surface area contributed by atoms with E-state index in [2.05, 4.69) is 15.6 Å². The summed E-state index contributed by atoms with van der Waals surface area (Å²) in [6, 6.07) is 12.6. The number of hydrogen-bond donors (Lipinski definition) is 3. The second kappa shape index (κ2) is 17.1. The van der Waals surface area contributed by atoms with Gasteiger partial charge in [0, 0.05) is 37.5 Å². The summed E-state index contributed by atoms with van der Waals surface area (Å²) in [4.78, 5) is 18.4. The van der Waals surface area contributed by atoms with Crippen LogP contribution in [0.5, 0.6) is 5.75 Å². The molecule has 0 aliphatic carbocycles. The minimum atomic E-state index is -4.03. The third-order valence-electron chi connectivity index (χ3n) is 9.06. The molecule has 6 atom stereocenters. The lowest BCUT2D eigenvalue weighted by molar-refractivity contribution is -0.196. The zero-order valence-electron chi connectivity index (χ0n) is 29.8. The monoisotopic (exact) mass is 732 g/mol. The first kappa shape index (κ1) is 38.4. The molecule has 3 N–H and O–H groups in total. The van der Waals surface area contributed by atoms with Crippen molar-refractivity contribution in [1.82, 2.24) is 14.6 Å². The molecule has 3 heterocycles. The normalized spacial score (nSPS) is 22.2. The van der Waals surface area contributed by atoms with E-state index in [1.807, 2.05) is 58.9 Å². The standard InChI is InChI=1S/C36H52N4O8S2/c1-7-37-29-21-47-35-34(29)31(13-14-46-35)48-33(42)17-25(15-24-9-8-10-26(16-24)45-6)30(41)20-40(19-22(2)3)50(43,44)27-11-12-28-32(18-27)49-36(39-28)38-23(4)5/h8-12,16,18,22-23,25,29-31,34-35,37,41H,7,13-15,17,19-21H2,1-6H3,(H,38,39)/t25-,29+,30-,31+,34+,35+/m1/s1. The predicted octanol–water partition coefficient (Wildman–Crippen LogP) is 4.66. The van der Waals surface area contributed by atoms with E-state index in [9.17, 15) is 18.3 Å². The van der Waals surface area contributed by atoms with Crippen LogP contribution >= 0.6 is 11.3 Å². The molecule has 0 unspecified atom stereocenters. The number of fused-ring (bicyclic) bond motifs is 2. The number of nitrogens with zero attached hydrogens (tertiary/aromatic N) is 2. The average Bonchev–Trinajstić information content (AvgIpc) is 3.67. The third kappa shape index (κ3) is 9.52. The Morgan fingerprint density at radius 2 is 1.94 bits per heavy atom. The van der Waals surface area contributed by atoms with Crippen LogP contribution in [-0.2, 0) is 35.4 Å². The van der Waals surface area contributed by atoms with Crippen LogP contribution in [0.15, 0.2) is 47.4 Å². The number of anilines is 1. The first-order chi connectivity index (χ1) is 23.9. The van der Waals surface area contributed by atoms with Gasteiger partial charge in [0.25, 0.3) is 0 Å². The number of aromatic nitrogens is 1. The van der Waals surface area contributed by atoms with E-state index in [-0.39, 0.29) is 48.3 Å². The lowest BCUT2D eigenvalue weighted by Gasteiger charge is -2.35. The number of aliphatic hydroxyl groups is 1. The number of likely N-dealkylation sites (N-methyl/N-ethyl adjacent to an activating group) is 1. The van der Waals surface area contributed by atoms with Gasteiger partial charge in [0.05, 0.1) is 53.9 Å². The summed E-state index contributed by atoms with van der Waals surface area (Å²) in [6.07, 6.45) is -1.28. The largest absolute Gasteiger partial charge is 0.497 e. The van der Waals surface area contributed by atoms with Crippen molar-refractivity contribution >= 4 is 42.7 Å². The summed E-state index contributed by atoms with van der Waals surface area (Å²) in [5, 5.41) is 19.3.